The standard InChI is InChI=1S/C16H17NS3/c1-17-15(18-2)16(19-13-9-5-3-6-10-13)20-14-11-7-4-8-12-14/h3-12,17H,1-2H3. The number of hydrogen-bond acceptors (Lipinski definition) is 4. The predicted molar refractivity (Wildman–Crippen MR) is 94.2 cm³/mol. The molecule has 0 aliphatic carbocycles. The molecule has 0 radical (unpaired) electrons. The zero-order chi connectivity index (χ0) is 14.2. The first-order valence-corrected chi connectivity index (χ1v) is 9.11. The van der Waals surface area contributed by atoms with Gasteiger partial charge in [0, 0.05) is 16.8 Å². The van der Waals surface area contributed by atoms with E-state index in [1.165, 1.54) is 19.1 Å². The van der Waals surface area contributed by atoms with Crippen LogP contribution in [0.3, 0.4) is 0 Å². The fourth-order valence-corrected chi connectivity index (χ4v) is 4.86. The van der Waals surface area contributed by atoms with Crippen molar-refractivity contribution in [3.63, 3.8) is 0 Å². The molecule has 0 bridgehead atoms. The first kappa shape index (κ1) is 15.4. The highest BCUT2D eigenvalue weighted by molar-refractivity contribution is 8.23. The summed E-state index contributed by atoms with van der Waals surface area (Å²) in [6.45, 7) is 0. The summed E-state index contributed by atoms with van der Waals surface area (Å²) < 4.78 is 1.28. The van der Waals surface area contributed by atoms with Gasteiger partial charge in [-0.1, -0.05) is 59.9 Å². The van der Waals surface area contributed by atoms with E-state index in [4.69, 9.17) is 0 Å². The predicted octanol–water partition coefficient (Wildman–Crippen LogP) is 5.28. The lowest BCUT2D eigenvalue weighted by Gasteiger charge is -2.12. The summed E-state index contributed by atoms with van der Waals surface area (Å²) in [5.74, 6) is 0. The van der Waals surface area contributed by atoms with E-state index in [0.717, 1.165) is 0 Å². The first-order chi connectivity index (χ1) is 9.83. The average molecular weight is 320 g/mol. The Morgan fingerprint density at radius 2 is 1.25 bits per heavy atom. The lowest BCUT2D eigenvalue weighted by Crippen LogP contribution is -2.03. The van der Waals surface area contributed by atoms with E-state index in [2.05, 4.69) is 60.1 Å². The maximum Gasteiger partial charge on any atom is 0.0887 e. The molecule has 0 aliphatic heterocycles. The summed E-state index contributed by atoms with van der Waals surface area (Å²) >= 11 is 5.34. The average Bonchev–Trinajstić information content (AvgIpc) is 2.50. The van der Waals surface area contributed by atoms with E-state index in [-0.39, 0.29) is 0 Å². The molecule has 0 heterocycles. The molecule has 0 atom stereocenters. The molecule has 0 saturated carbocycles. The van der Waals surface area contributed by atoms with Gasteiger partial charge in [0.1, 0.15) is 0 Å². The molecule has 0 aliphatic rings. The van der Waals surface area contributed by atoms with Gasteiger partial charge in [0.05, 0.1) is 9.27 Å². The van der Waals surface area contributed by atoms with E-state index in [0.29, 0.717) is 0 Å². The van der Waals surface area contributed by atoms with Gasteiger partial charge in [-0.05, 0) is 30.5 Å². The monoisotopic (exact) mass is 319 g/mol. The van der Waals surface area contributed by atoms with Crippen LogP contribution in [-0.4, -0.2) is 13.3 Å². The minimum Gasteiger partial charge on any atom is -0.382 e. The molecular formula is C16H17NS3. The molecule has 1 N–H and O–H groups in total. The molecule has 0 spiro atoms. The highest BCUT2D eigenvalue weighted by atomic mass is 32.2. The minimum absolute atomic E-state index is 1.20. The van der Waals surface area contributed by atoms with E-state index >= 15 is 0 Å². The smallest absolute Gasteiger partial charge is 0.0887 e. The van der Waals surface area contributed by atoms with Crippen LogP contribution in [0.5, 0.6) is 0 Å². The summed E-state index contributed by atoms with van der Waals surface area (Å²) in [6.07, 6.45) is 2.10. The molecule has 0 saturated heterocycles. The Bertz CT molecular complexity index is 503. The minimum atomic E-state index is 1.20. The van der Waals surface area contributed by atoms with Gasteiger partial charge in [0.2, 0.25) is 0 Å². The summed E-state index contributed by atoms with van der Waals surface area (Å²) in [5, 5.41) is 4.49. The third kappa shape index (κ3) is 4.54. The summed E-state index contributed by atoms with van der Waals surface area (Å²) in [6, 6.07) is 21.0. The second-order valence-corrected chi connectivity index (χ2v) is 7.14. The van der Waals surface area contributed by atoms with Gasteiger partial charge in [0.15, 0.2) is 0 Å². The maximum absolute atomic E-state index is 3.29. The largest absolute Gasteiger partial charge is 0.382 e. The normalized spacial score (nSPS) is 10.1. The summed E-state index contributed by atoms with van der Waals surface area (Å²) in [7, 11) is 1.98. The zero-order valence-corrected chi connectivity index (χ0v) is 13.9. The topological polar surface area (TPSA) is 12.0 Å². The van der Waals surface area contributed by atoms with Crippen molar-refractivity contribution < 1.29 is 0 Å². The van der Waals surface area contributed by atoms with Crippen LogP contribution in [0.1, 0.15) is 0 Å². The highest BCUT2D eigenvalue weighted by Crippen LogP contribution is 2.42. The van der Waals surface area contributed by atoms with Crippen LogP contribution in [0.15, 0.2) is 79.7 Å². The molecular weight excluding hydrogens is 302 g/mol. The van der Waals surface area contributed by atoms with Crippen LogP contribution in [0, 0.1) is 0 Å². The number of nitrogens with one attached hydrogen (secondary N) is 1. The zero-order valence-electron chi connectivity index (χ0n) is 11.5. The summed E-state index contributed by atoms with van der Waals surface area (Å²) in [4.78, 5) is 2.51. The number of rotatable bonds is 6. The molecule has 20 heavy (non-hydrogen) atoms. The van der Waals surface area contributed by atoms with E-state index in [1.807, 2.05) is 19.2 Å². The Morgan fingerprint density at radius 1 is 0.800 bits per heavy atom. The van der Waals surface area contributed by atoms with E-state index in [1.54, 1.807) is 35.3 Å². The Kier molecular flexibility index (Phi) is 6.43. The fourth-order valence-electron chi connectivity index (χ4n) is 1.59. The van der Waals surface area contributed by atoms with E-state index in [9.17, 15) is 0 Å². The summed E-state index contributed by atoms with van der Waals surface area (Å²) in [5.41, 5.74) is 0. The number of hydrogen-bond donors (Lipinski definition) is 1. The third-order valence-corrected chi connectivity index (χ3v) is 5.89. The Labute approximate surface area is 133 Å². The lowest BCUT2D eigenvalue weighted by atomic mass is 10.4. The van der Waals surface area contributed by atoms with Crippen molar-refractivity contribution in [2.24, 2.45) is 0 Å². The van der Waals surface area contributed by atoms with Gasteiger partial charge in [0.25, 0.3) is 0 Å². The van der Waals surface area contributed by atoms with Crippen molar-refractivity contribution in [2.45, 2.75) is 9.79 Å². The third-order valence-electron chi connectivity index (χ3n) is 2.52. The molecule has 0 amide bonds. The molecule has 4 heteroatoms. The van der Waals surface area contributed by atoms with Crippen LogP contribution in [0.4, 0.5) is 0 Å². The van der Waals surface area contributed by atoms with Crippen LogP contribution in [0.2, 0.25) is 0 Å². The van der Waals surface area contributed by atoms with Crippen LogP contribution >= 0.6 is 35.3 Å². The molecule has 2 aromatic rings. The van der Waals surface area contributed by atoms with Gasteiger partial charge in [-0.3, -0.25) is 0 Å². The van der Waals surface area contributed by atoms with Crippen molar-refractivity contribution in [1.82, 2.24) is 5.32 Å². The molecule has 0 unspecified atom stereocenters. The second kappa shape index (κ2) is 8.35. The molecule has 104 valence electrons. The van der Waals surface area contributed by atoms with Crippen LogP contribution in [-0.2, 0) is 0 Å². The van der Waals surface area contributed by atoms with Crippen molar-refractivity contribution in [2.75, 3.05) is 13.3 Å². The van der Waals surface area contributed by atoms with Gasteiger partial charge in [-0.25, -0.2) is 0 Å². The van der Waals surface area contributed by atoms with E-state index < -0.39 is 0 Å². The lowest BCUT2D eigenvalue weighted by molar-refractivity contribution is 1.08. The Balaban J connectivity index is 2.24. The van der Waals surface area contributed by atoms with Gasteiger partial charge in [-0.2, -0.15) is 0 Å². The van der Waals surface area contributed by atoms with Crippen LogP contribution < -0.4 is 5.32 Å². The molecule has 2 aromatic carbocycles. The molecule has 0 fully saturated rings. The maximum atomic E-state index is 3.29. The second-order valence-electron chi connectivity index (χ2n) is 3.90. The quantitative estimate of drug-likeness (QED) is 0.727. The molecule has 2 rings (SSSR count). The number of benzene rings is 2. The molecule has 1 nitrogen and oxygen atoms in total. The Morgan fingerprint density at radius 3 is 1.60 bits per heavy atom. The van der Waals surface area contributed by atoms with Gasteiger partial charge < -0.3 is 5.32 Å². The molecule has 0 aromatic heterocycles. The fraction of sp³-hybridized carbons (Fsp3) is 0.125. The van der Waals surface area contributed by atoms with Crippen molar-refractivity contribution >= 4 is 35.3 Å². The number of thioether (sulfide) groups is 3. The Hall–Kier alpha value is -0.970. The highest BCUT2D eigenvalue weighted by Gasteiger charge is 2.09. The van der Waals surface area contributed by atoms with Gasteiger partial charge in [-0.15, -0.1) is 11.8 Å². The van der Waals surface area contributed by atoms with Crippen molar-refractivity contribution in [3.8, 4) is 0 Å². The van der Waals surface area contributed by atoms with Crippen LogP contribution in [0.25, 0.3) is 0 Å². The van der Waals surface area contributed by atoms with Gasteiger partial charge >= 0.3 is 0 Å². The van der Waals surface area contributed by atoms with Crippen molar-refractivity contribution in [3.05, 3.63) is 69.9 Å². The SMILES string of the molecule is CNC(SC)=C(Sc1ccccc1)Sc1ccccc1. The van der Waals surface area contributed by atoms with Crippen molar-refractivity contribution in [1.29, 1.82) is 0 Å². The first-order valence-electron chi connectivity index (χ1n) is 6.25.